The maximum atomic E-state index is 13.0. The predicted molar refractivity (Wildman–Crippen MR) is 141 cm³/mol. The number of benzene rings is 4. The van der Waals surface area contributed by atoms with Gasteiger partial charge in [-0.1, -0.05) is 91.0 Å². The third-order valence-corrected chi connectivity index (χ3v) is 7.14. The third kappa shape index (κ3) is 4.57. The fourth-order valence-electron chi connectivity index (χ4n) is 5.20. The van der Waals surface area contributed by atoms with E-state index in [1.165, 1.54) is 18.2 Å². The molecule has 1 aliphatic rings. The number of esters is 1. The first-order valence-corrected chi connectivity index (χ1v) is 12.2. The number of rotatable bonds is 7. The lowest BCUT2D eigenvalue weighted by atomic mass is 9.92. The molecule has 0 aromatic heterocycles. The van der Waals surface area contributed by atoms with Crippen LogP contribution in [0.3, 0.4) is 0 Å². The number of methoxy groups -OCH3 is 1. The molecule has 0 unspecified atom stereocenters. The van der Waals surface area contributed by atoms with Gasteiger partial charge >= 0.3 is 12.1 Å². The zero-order chi connectivity index (χ0) is 25.1. The Kier molecular flexibility index (Phi) is 6.72. The Morgan fingerprint density at radius 3 is 2.14 bits per heavy atom. The van der Waals surface area contributed by atoms with E-state index in [1.807, 2.05) is 48.5 Å². The van der Waals surface area contributed by atoms with E-state index < -0.39 is 18.1 Å². The number of amides is 1. The number of ether oxygens (including phenoxy) is 2. The molecule has 36 heavy (non-hydrogen) atoms. The monoisotopic (exact) mass is 479 g/mol. The van der Waals surface area contributed by atoms with Gasteiger partial charge < -0.3 is 14.8 Å². The molecule has 5 nitrogen and oxygen atoms in total. The van der Waals surface area contributed by atoms with E-state index in [0.29, 0.717) is 6.42 Å². The van der Waals surface area contributed by atoms with Crippen molar-refractivity contribution >= 4 is 22.8 Å². The standard InChI is InChI=1S/C31H29NO4/c1-20(30(33)35-2)29(18-22-12-9-11-21-10-3-4-13-23(21)22)32-31(34)36-19-28-26-16-7-5-14-24(26)25-15-6-8-17-27(25)28/h3-17,20,28-29H,18-19H2,1-2H3,(H,32,34)/t20-,29-/m0/s1. The third-order valence-electron chi connectivity index (χ3n) is 7.14. The lowest BCUT2D eigenvalue weighted by Crippen LogP contribution is -2.44. The molecule has 4 aromatic carbocycles. The van der Waals surface area contributed by atoms with Crippen molar-refractivity contribution in [1.82, 2.24) is 5.32 Å². The van der Waals surface area contributed by atoms with E-state index in [2.05, 4.69) is 47.8 Å². The second-order valence-electron chi connectivity index (χ2n) is 9.23. The van der Waals surface area contributed by atoms with Crippen molar-refractivity contribution in [3.05, 3.63) is 108 Å². The van der Waals surface area contributed by atoms with Gasteiger partial charge in [0.15, 0.2) is 0 Å². The summed E-state index contributed by atoms with van der Waals surface area (Å²) >= 11 is 0. The predicted octanol–water partition coefficient (Wildman–Crippen LogP) is 6.10. The van der Waals surface area contributed by atoms with Gasteiger partial charge in [0.25, 0.3) is 0 Å². The maximum absolute atomic E-state index is 13.0. The molecule has 0 bridgehead atoms. The molecular weight excluding hydrogens is 450 g/mol. The highest BCUT2D eigenvalue weighted by Crippen LogP contribution is 2.44. The zero-order valence-electron chi connectivity index (χ0n) is 20.4. The van der Waals surface area contributed by atoms with Gasteiger partial charge in [-0.05, 0) is 51.9 Å². The summed E-state index contributed by atoms with van der Waals surface area (Å²) in [4.78, 5) is 25.4. The first kappa shape index (κ1) is 23.6. The summed E-state index contributed by atoms with van der Waals surface area (Å²) in [5.41, 5.74) is 5.71. The van der Waals surface area contributed by atoms with Crippen LogP contribution in [-0.2, 0) is 20.7 Å². The van der Waals surface area contributed by atoms with Gasteiger partial charge in [-0.2, -0.15) is 0 Å². The van der Waals surface area contributed by atoms with E-state index >= 15 is 0 Å². The van der Waals surface area contributed by atoms with Gasteiger partial charge in [0.05, 0.1) is 13.0 Å². The molecule has 5 heteroatoms. The van der Waals surface area contributed by atoms with Crippen molar-refractivity contribution in [2.45, 2.75) is 25.3 Å². The highest BCUT2D eigenvalue weighted by atomic mass is 16.5. The second kappa shape index (κ2) is 10.2. The van der Waals surface area contributed by atoms with E-state index in [4.69, 9.17) is 9.47 Å². The van der Waals surface area contributed by atoms with Crippen molar-refractivity contribution in [2.24, 2.45) is 5.92 Å². The van der Waals surface area contributed by atoms with Crippen molar-refractivity contribution in [1.29, 1.82) is 0 Å². The molecule has 1 amide bonds. The zero-order valence-corrected chi connectivity index (χ0v) is 20.4. The van der Waals surface area contributed by atoms with Gasteiger partial charge in [-0.25, -0.2) is 4.79 Å². The van der Waals surface area contributed by atoms with Crippen LogP contribution in [0.15, 0.2) is 91.0 Å². The summed E-state index contributed by atoms with van der Waals surface area (Å²) in [6, 6.07) is 30.1. The van der Waals surface area contributed by atoms with Crippen LogP contribution in [0.5, 0.6) is 0 Å². The number of nitrogens with one attached hydrogen (secondary N) is 1. The van der Waals surface area contributed by atoms with E-state index in [0.717, 1.165) is 27.5 Å². The Balaban J connectivity index is 1.33. The molecular formula is C31H29NO4. The molecule has 0 spiro atoms. The Hall–Kier alpha value is -4.12. The summed E-state index contributed by atoms with van der Waals surface area (Å²) in [5.74, 6) is -0.952. The summed E-state index contributed by atoms with van der Waals surface area (Å²) in [6.07, 6.45) is -0.0696. The maximum Gasteiger partial charge on any atom is 0.407 e. The van der Waals surface area contributed by atoms with Crippen molar-refractivity contribution < 1.29 is 19.1 Å². The molecule has 0 saturated carbocycles. The molecule has 0 fully saturated rings. The highest BCUT2D eigenvalue weighted by molar-refractivity contribution is 5.86. The van der Waals surface area contributed by atoms with Crippen LogP contribution >= 0.6 is 0 Å². The van der Waals surface area contributed by atoms with E-state index in [9.17, 15) is 9.59 Å². The number of hydrogen-bond donors (Lipinski definition) is 1. The molecule has 1 N–H and O–H groups in total. The molecule has 5 rings (SSSR count). The van der Waals surface area contributed by atoms with Crippen molar-refractivity contribution in [2.75, 3.05) is 13.7 Å². The minimum Gasteiger partial charge on any atom is -0.469 e. The molecule has 0 aliphatic heterocycles. The number of hydrogen-bond acceptors (Lipinski definition) is 4. The van der Waals surface area contributed by atoms with Crippen LogP contribution in [0.25, 0.3) is 21.9 Å². The summed E-state index contributed by atoms with van der Waals surface area (Å²) < 4.78 is 10.7. The normalized spacial score (nSPS) is 13.9. The summed E-state index contributed by atoms with van der Waals surface area (Å²) in [7, 11) is 1.36. The molecule has 0 heterocycles. The Bertz CT molecular complexity index is 1360. The molecule has 0 saturated heterocycles. The van der Waals surface area contributed by atoms with E-state index in [-0.39, 0.29) is 18.5 Å². The van der Waals surface area contributed by atoms with Crippen LogP contribution in [0.4, 0.5) is 4.79 Å². The summed E-state index contributed by atoms with van der Waals surface area (Å²) in [6.45, 7) is 1.98. The first-order chi connectivity index (χ1) is 17.6. The van der Waals surface area contributed by atoms with Gasteiger partial charge in [-0.3, -0.25) is 4.79 Å². The quantitative estimate of drug-likeness (QED) is 0.325. The topological polar surface area (TPSA) is 64.6 Å². The molecule has 182 valence electrons. The SMILES string of the molecule is COC(=O)[C@@H](C)[C@H](Cc1cccc2ccccc12)NC(=O)OCC1c2ccccc2-c2ccccc21. The molecule has 1 aliphatic carbocycles. The Morgan fingerprint density at radius 1 is 0.833 bits per heavy atom. The molecule has 4 aromatic rings. The minimum absolute atomic E-state index is 0.0299. The van der Waals surface area contributed by atoms with Crippen LogP contribution in [0.2, 0.25) is 0 Å². The Labute approximate surface area is 211 Å². The average molecular weight is 480 g/mol. The Morgan fingerprint density at radius 2 is 1.44 bits per heavy atom. The van der Waals surface area contributed by atoms with E-state index in [1.54, 1.807) is 6.92 Å². The largest absolute Gasteiger partial charge is 0.469 e. The number of fused-ring (bicyclic) bond motifs is 4. The average Bonchev–Trinajstić information content (AvgIpc) is 3.24. The fraction of sp³-hybridized carbons (Fsp3) is 0.226. The lowest BCUT2D eigenvalue weighted by Gasteiger charge is -2.24. The van der Waals surface area contributed by atoms with Gasteiger partial charge in [0, 0.05) is 12.0 Å². The van der Waals surface area contributed by atoms with Crippen LogP contribution in [0.1, 0.15) is 29.5 Å². The molecule has 0 radical (unpaired) electrons. The van der Waals surface area contributed by atoms with Crippen molar-refractivity contribution in [3.63, 3.8) is 0 Å². The second-order valence-corrected chi connectivity index (χ2v) is 9.23. The van der Waals surface area contributed by atoms with Gasteiger partial charge in [0.1, 0.15) is 6.61 Å². The lowest BCUT2D eigenvalue weighted by molar-refractivity contribution is -0.145. The highest BCUT2D eigenvalue weighted by Gasteiger charge is 2.31. The van der Waals surface area contributed by atoms with Crippen LogP contribution in [-0.4, -0.2) is 31.8 Å². The number of carbonyl (C=O) groups is 2. The number of carbonyl (C=O) groups excluding carboxylic acids is 2. The minimum atomic E-state index is -0.547. The van der Waals surface area contributed by atoms with Crippen LogP contribution < -0.4 is 5.32 Å². The van der Waals surface area contributed by atoms with Gasteiger partial charge in [-0.15, -0.1) is 0 Å². The first-order valence-electron chi connectivity index (χ1n) is 12.2. The number of alkyl carbamates (subject to hydrolysis) is 1. The smallest absolute Gasteiger partial charge is 0.407 e. The van der Waals surface area contributed by atoms with Crippen LogP contribution in [0, 0.1) is 5.92 Å². The van der Waals surface area contributed by atoms with Crippen molar-refractivity contribution in [3.8, 4) is 11.1 Å². The van der Waals surface area contributed by atoms with Gasteiger partial charge in [0.2, 0.25) is 0 Å². The molecule has 2 atom stereocenters. The summed E-state index contributed by atoms with van der Waals surface area (Å²) in [5, 5.41) is 5.16. The fourth-order valence-corrected chi connectivity index (χ4v) is 5.20.